The van der Waals surface area contributed by atoms with Gasteiger partial charge in [0.25, 0.3) is 23.4 Å². The van der Waals surface area contributed by atoms with Crippen LogP contribution >= 0.6 is 0 Å². The van der Waals surface area contributed by atoms with E-state index in [-0.39, 0.29) is 23.4 Å². The maximum atomic E-state index is 13.5. The van der Waals surface area contributed by atoms with E-state index >= 15 is 0 Å². The van der Waals surface area contributed by atoms with Gasteiger partial charge >= 0.3 is 0 Å². The molecule has 0 fully saturated rings. The van der Waals surface area contributed by atoms with E-state index in [1.54, 1.807) is 55.6 Å². The smallest absolute Gasteiger partial charge is 0.274 e. The summed E-state index contributed by atoms with van der Waals surface area (Å²) in [5.74, 6) is 0.0292. The Morgan fingerprint density at radius 3 is 2.14 bits per heavy atom. The number of hydrogen-bond acceptors (Lipinski definition) is 9. The van der Waals surface area contributed by atoms with Crippen molar-refractivity contribution in [2.45, 2.75) is 26.0 Å². The van der Waals surface area contributed by atoms with Gasteiger partial charge in [-0.1, -0.05) is 6.07 Å². The second-order valence-corrected chi connectivity index (χ2v) is 11.5. The van der Waals surface area contributed by atoms with E-state index in [1.165, 1.54) is 29.3 Å². The lowest BCUT2D eigenvalue weighted by Gasteiger charge is -2.25. The molecular formula is C36H36N6O7. The Labute approximate surface area is 283 Å². The number of rotatable bonds is 11. The van der Waals surface area contributed by atoms with Crippen LogP contribution in [-0.4, -0.2) is 72.2 Å². The molecule has 1 unspecified atom stereocenters. The van der Waals surface area contributed by atoms with Crippen molar-refractivity contribution in [1.29, 1.82) is 0 Å². The molecule has 1 aliphatic heterocycles. The number of methoxy groups -OCH3 is 1. The minimum atomic E-state index is -0.540. The zero-order valence-corrected chi connectivity index (χ0v) is 27.5. The van der Waals surface area contributed by atoms with E-state index < -0.39 is 16.7 Å². The van der Waals surface area contributed by atoms with Gasteiger partial charge in [-0.25, -0.2) is 5.01 Å². The number of hydrogen-bond donors (Lipinski definition) is 2. The van der Waals surface area contributed by atoms with Crippen molar-refractivity contribution < 1.29 is 28.8 Å². The Hall–Kier alpha value is -6.08. The molecular weight excluding hydrogens is 628 g/mol. The fourth-order valence-electron chi connectivity index (χ4n) is 4.95. The lowest BCUT2D eigenvalue weighted by molar-refractivity contribution is -0.384. The minimum Gasteiger partial charge on any atom is -0.493 e. The number of carbonyl (C=O) groups is 3. The van der Waals surface area contributed by atoms with Crippen molar-refractivity contribution in [3.8, 4) is 11.5 Å². The predicted molar refractivity (Wildman–Crippen MR) is 185 cm³/mol. The van der Waals surface area contributed by atoms with Gasteiger partial charge in [0.15, 0.2) is 11.5 Å². The molecule has 0 saturated carbocycles. The summed E-state index contributed by atoms with van der Waals surface area (Å²) in [5.41, 5.74) is 3.29. The molecule has 0 bridgehead atoms. The van der Waals surface area contributed by atoms with Gasteiger partial charge in [-0.15, -0.1) is 0 Å². The topological polar surface area (TPSA) is 156 Å². The minimum absolute atomic E-state index is 0.115. The molecule has 49 heavy (non-hydrogen) atoms. The van der Waals surface area contributed by atoms with Crippen LogP contribution in [0.1, 0.15) is 56.4 Å². The molecule has 13 nitrogen and oxygen atoms in total. The predicted octanol–water partition coefficient (Wildman–Crippen LogP) is 6.03. The molecule has 1 aliphatic rings. The van der Waals surface area contributed by atoms with E-state index in [4.69, 9.17) is 9.47 Å². The van der Waals surface area contributed by atoms with Gasteiger partial charge in [0.05, 0.1) is 17.7 Å². The molecule has 4 aromatic rings. The lowest BCUT2D eigenvalue weighted by atomic mass is 10.0. The van der Waals surface area contributed by atoms with Crippen LogP contribution in [0.25, 0.3) is 0 Å². The molecule has 3 amide bonds. The second-order valence-electron chi connectivity index (χ2n) is 11.5. The van der Waals surface area contributed by atoms with Gasteiger partial charge < -0.3 is 20.1 Å². The standard InChI is InChI=1S/C36H36N6O7/c1-23(40(2)3)49-33-22-26(14-19-32(33)48-4)31-9-6-20-41(39-31)36(45)27-7-5-8-29(21-27)38-35(44)24-10-15-28(16-11-24)37-34(43)25-12-17-30(18-13-25)42(46)47/h5,7-8,10-19,21-23H,6,9,20H2,1-4H3,(H,37,43)(H,38,44). The number of amides is 3. The van der Waals surface area contributed by atoms with Gasteiger partial charge in [0.2, 0.25) is 0 Å². The molecule has 2 N–H and O–H groups in total. The largest absolute Gasteiger partial charge is 0.493 e. The van der Waals surface area contributed by atoms with Gasteiger partial charge in [-0.2, -0.15) is 5.10 Å². The highest BCUT2D eigenvalue weighted by Crippen LogP contribution is 2.31. The molecule has 13 heteroatoms. The number of non-ortho nitro benzene ring substituents is 1. The number of nitrogens with one attached hydrogen (secondary N) is 2. The number of benzene rings is 4. The number of hydrazone groups is 1. The summed E-state index contributed by atoms with van der Waals surface area (Å²) < 4.78 is 11.6. The highest BCUT2D eigenvalue weighted by atomic mass is 16.6. The number of nitro benzene ring substituents is 1. The number of ether oxygens (including phenoxy) is 2. The maximum absolute atomic E-state index is 13.5. The number of nitro groups is 1. The number of carbonyl (C=O) groups excluding carboxylic acids is 3. The monoisotopic (exact) mass is 664 g/mol. The number of nitrogens with zero attached hydrogens (tertiary/aromatic N) is 4. The molecule has 5 rings (SSSR count). The molecule has 4 aromatic carbocycles. The molecule has 1 atom stereocenters. The zero-order valence-electron chi connectivity index (χ0n) is 27.5. The van der Waals surface area contributed by atoms with Crippen molar-refractivity contribution in [2.75, 3.05) is 38.4 Å². The summed E-state index contributed by atoms with van der Waals surface area (Å²) in [6.45, 7) is 2.38. The molecule has 252 valence electrons. The van der Waals surface area contributed by atoms with Crippen LogP contribution < -0.4 is 20.1 Å². The average Bonchev–Trinajstić information content (AvgIpc) is 3.11. The molecule has 0 aromatic heterocycles. The SMILES string of the molecule is COc1ccc(C2=NN(C(=O)c3cccc(NC(=O)c4ccc(NC(=O)c5ccc([N+](=O)[O-])cc5)cc4)c3)CCC2)cc1OC(C)N(C)C. The molecule has 0 radical (unpaired) electrons. The third-order valence-electron chi connectivity index (χ3n) is 7.89. The van der Waals surface area contributed by atoms with E-state index in [2.05, 4.69) is 15.7 Å². The molecule has 1 heterocycles. The Morgan fingerprint density at radius 1 is 0.857 bits per heavy atom. The summed E-state index contributed by atoms with van der Waals surface area (Å²) in [6.07, 6.45) is 1.22. The second kappa shape index (κ2) is 15.2. The quantitative estimate of drug-likeness (QED) is 0.112. The summed E-state index contributed by atoms with van der Waals surface area (Å²) in [7, 11) is 5.43. The lowest BCUT2D eigenvalue weighted by Crippen LogP contribution is -2.32. The molecule has 0 aliphatic carbocycles. The van der Waals surface area contributed by atoms with Crippen molar-refractivity contribution in [2.24, 2.45) is 5.10 Å². The van der Waals surface area contributed by atoms with Crippen molar-refractivity contribution in [3.05, 3.63) is 123 Å². The van der Waals surface area contributed by atoms with Gasteiger partial charge in [0.1, 0.15) is 6.23 Å². The van der Waals surface area contributed by atoms with E-state index in [0.29, 0.717) is 47.0 Å². The van der Waals surface area contributed by atoms with E-state index in [0.717, 1.165) is 17.7 Å². The highest BCUT2D eigenvalue weighted by Gasteiger charge is 2.23. The van der Waals surface area contributed by atoms with Crippen LogP contribution in [0.15, 0.2) is 96.1 Å². The normalized spacial score (nSPS) is 13.2. The van der Waals surface area contributed by atoms with Crippen LogP contribution in [0.4, 0.5) is 17.1 Å². The maximum Gasteiger partial charge on any atom is 0.274 e. The summed E-state index contributed by atoms with van der Waals surface area (Å²) in [6, 6.07) is 23.7. The Bertz CT molecular complexity index is 1890. The van der Waals surface area contributed by atoms with Crippen LogP contribution in [-0.2, 0) is 0 Å². The van der Waals surface area contributed by atoms with Gasteiger partial charge in [-0.05, 0) is 107 Å². The average molecular weight is 665 g/mol. The Morgan fingerprint density at radius 2 is 1.51 bits per heavy atom. The zero-order chi connectivity index (χ0) is 35.1. The molecule has 0 saturated heterocycles. The first-order valence-electron chi connectivity index (χ1n) is 15.5. The summed E-state index contributed by atoms with van der Waals surface area (Å²) >= 11 is 0. The van der Waals surface area contributed by atoms with Crippen LogP contribution in [0.3, 0.4) is 0 Å². The van der Waals surface area contributed by atoms with Crippen LogP contribution in [0.5, 0.6) is 11.5 Å². The first kappa shape index (κ1) is 34.3. The van der Waals surface area contributed by atoms with Crippen molar-refractivity contribution in [1.82, 2.24) is 9.91 Å². The van der Waals surface area contributed by atoms with Crippen molar-refractivity contribution >= 4 is 40.5 Å². The summed E-state index contributed by atoms with van der Waals surface area (Å²) in [5, 5.41) is 22.5. The third-order valence-corrected chi connectivity index (χ3v) is 7.89. The Kier molecular flexibility index (Phi) is 10.6. The number of anilines is 2. The van der Waals surface area contributed by atoms with Crippen LogP contribution in [0, 0.1) is 10.1 Å². The fourth-order valence-corrected chi connectivity index (χ4v) is 4.95. The van der Waals surface area contributed by atoms with E-state index in [1.807, 2.05) is 44.1 Å². The summed E-state index contributed by atoms with van der Waals surface area (Å²) in [4.78, 5) is 51.3. The third kappa shape index (κ3) is 8.45. The fraction of sp³-hybridized carbons (Fsp3) is 0.222. The first-order chi connectivity index (χ1) is 23.5. The van der Waals surface area contributed by atoms with Crippen molar-refractivity contribution in [3.63, 3.8) is 0 Å². The highest BCUT2D eigenvalue weighted by molar-refractivity contribution is 6.07. The Balaban J connectivity index is 1.23. The van der Waals surface area contributed by atoms with E-state index in [9.17, 15) is 24.5 Å². The van der Waals surface area contributed by atoms with Crippen LogP contribution in [0.2, 0.25) is 0 Å². The molecule has 0 spiro atoms. The first-order valence-corrected chi connectivity index (χ1v) is 15.5. The van der Waals surface area contributed by atoms with Gasteiger partial charge in [-0.3, -0.25) is 29.4 Å². The van der Waals surface area contributed by atoms with Gasteiger partial charge in [0, 0.05) is 52.3 Å².